The molecule has 4 heteroatoms. The molecule has 1 aliphatic rings. The van der Waals surface area contributed by atoms with Gasteiger partial charge in [-0.05, 0) is 31.9 Å². The number of thiazole rings is 1. The van der Waals surface area contributed by atoms with Crippen LogP contribution in [0.2, 0.25) is 0 Å². The Hall–Kier alpha value is -1.68. The van der Waals surface area contributed by atoms with Crippen LogP contribution in [0.5, 0.6) is 0 Å². The van der Waals surface area contributed by atoms with Crippen LogP contribution >= 0.6 is 11.3 Å². The molecule has 0 atom stereocenters. The van der Waals surface area contributed by atoms with E-state index in [1.54, 1.807) is 18.3 Å². The highest BCUT2D eigenvalue weighted by molar-refractivity contribution is 7.13. The molecule has 1 aromatic heterocycles. The fourth-order valence-corrected chi connectivity index (χ4v) is 4.26. The topological polar surface area (TPSA) is 24.2 Å². The number of fused-ring (bicyclic) bond motifs is 1. The van der Waals surface area contributed by atoms with E-state index in [1.165, 1.54) is 27.9 Å². The molecule has 1 amide bonds. The lowest BCUT2D eigenvalue weighted by molar-refractivity contribution is -0.656. The summed E-state index contributed by atoms with van der Waals surface area (Å²) in [7, 11) is 0. The van der Waals surface area contributed by atoms with Gasteiger partial charge in [0, 0.05) is 17.9 Å². The maximum absolute atomic E-state index is 11.7. The highest BCUT2D eigenvalue weighted by atomic mass is 32.1. The minimum atomic E-state index is 0.127. The zero-order valence-corrected chi connectivity index (χ0v) is 13.2. The Bertz CT molecular complexity index is 679. The van der Waals surface area contributed by atoms with Crippen LogP contribution in [0.4, 0.5) is 5.13 Å². The Morgan fingerprint density at radius 2 is 1.90 bits per heavy atom. The lowest BCUT2D eigenvalue weighted by Crippen LogP contribution is -2.31. The predicted octanol–water partition coefficient (Wildman–Crippen LogP) is 2.99. The van der Waals surface area contributed by atoms with Crippen LogP contribution in [-0.2, 0) is 11.3 Å². The third-order valence-electron chi connectivity index (χ3n) is 3.89. The highest BCUT2D eigenvalue weighted by Gasteiger charge is 2.35. The van der Waals surface area contributed by atoms with Crippen molar-refractivity contribution in [2.24, 2.45) is 0 Å². The summed E-state index contributed by atoms with van der Waals surface area (Å²) in [4.78, 5) is 13.5. The summed E-state index contributed by atoms with van der Waals surface area (Å²) in [6, 6.07) is 4.45. The molecule has 0 radical (unpaired) electrons. The minimum absolute atomic E-state index is 0.127. The van der Waals surface area contributed by atoms with Gasteiger partial charge in [-0.15, -0.1) is 0 Å². The molecule has 20 heavy (non-hydrogen) atoms. The fraction of sp³-hybridized carbons (Fsp3) is 0.375. The molecule has 3 rings (SSSR count). The number of aromatic nitrogens is 1. The van der Waals surface area contributed by atoms with Crippen LogP contribution in [0.25, 0.3) is 11.3 Å². The summed E-state index contributed by atoms with van der Waals surface area (Å²) < 4.78 is 2.27. The summed E-state index contributed by atoms with van der Waals surface area (Å²) in [5.74, 6) is 0.127. The van der Waals surface area contributed by atoms with Crippen molar-refractivity contribution in [3.05, 3.63) is 34.2 Å². The number of benzene rings is 1. The van der Waals surface area contributed by atoms with Gasteiger partial charge in [-0.3, -0.25) is 0 Å². The van der Waals surface area contributed by atoms with Gasteiger partial charge in [-0.2, -0.15) is 4.90 Å². The Kier molecular flexibility index (Phi) is 3.13. The predicted molar refractivity (Wildman–Crippen MR) is 82.2 cm³/mol. The van der Waals surface area contributed by atoms with Gasteiger partial charge in [-0.25, -0.2) is 9.36 Å². The van der Waals surface area contributed by atoms with Crippen LogP contribution < -0.4 is 9.47 Å². The molecule has 104 valence electrons. The van der Waals surface area contributed by atoms with E-state index in [-0.39, 0.29) is 5.91 Å². The summed E-state index contributed by atoms with van der Waals surface area (Å²) >= 11 is 1.66. The van der Waals surface area contributed by atoms with E-state index in [0.717, 1.165) is 18.2 Å². The van der Waals surface area contributed by atoms with E-state index in [0.29, 0.717) is 0 Å². The maximum Gasteiger partial charge on any atom is 0.344 e. The molecule has 2 aromatic rings. The van der Waals surface area contributed by atoms with Crippen LogP contribution in [0, 0.1) is 20.8 Å². The van der Waals surface area contributed by atoms with E-state index >= 15 is 0 Å². The standard InChI is InChI=1S/C16H19N2OS/c1-10-7-11(2)15(12(3)8-10)14-9-20-16-17(13(4)19)5-6-18(14)16/h7-9H,5-6H2,1-4H3/q+1. The van der Waals surface area contributed by atoms with Gasteiger partial charge in [0.2, 0.25) is 0 Å². The normalized spacial score (nSPS) is 13.7. The average Bonchev–Trinajstić information content (AvgIpc) is 2.89. The molecule has 0 saturated heterocycles. The fourth-order valence-electron chi connectivity index (χ4n) is 3.13. The van der Waals surface area contributed by atoms with Crippen molar-refractivity contribution < 1.29 is 9.36 Å². The van der Waals surface area contributed by atoms with Gasteiger partial charge < -0.3 is 0 Å². The quantitative estimate of drug-likeness (QED) is 0.740. The SMILES string of the molecule is CC(=O)N1CC[n+]2c(-c3c(C)cc(C)cc3C)csc21. The largest absolute Gasteiger partial charge is 0.344 e. The number of hydrogen-bond acceptors (Lipinski definition) is 2. The number of rotatable bonds is 1. The van der Waals surface area contributed by atoms with E-state index < -0.39 is 0 Å². The highest BCUT2D eigenvalue weighted by Crippen LogP contribution is 2.32. The van der Waals surface area contributed by atoms with Crippen LogP contribution in [0.1, 0.15) is 23.6 Å². The number of aryl methyl sites for hydroxylation is 3. The van der Waals surface area contributed by atoms with Crippen LogP contribution in [-0.4, -0.2) is 12.5 Å². The van der Waals surface area contributed by atoms with E-state index in [4.69, 9.17) is 0 Å². The lowest BCUT2D eigenvalue weighted by Gasteiger charge is -2.09. The molecule has 0 N–H and O–H groups in total. The average molecular weight is 287 g/mol. The first-order chi connectivity index (χ1) is 9.49. The molecule has 0 saturated carbocycles. The van der Waals surface area contributed by atoms with Crippen molar-refractivity contribution in [1.82, 2.24) is 0 Å². The smallest absolute Gasteiger partial charge is 0.247 e. The van der Waals surface area contributed by atoms with Gasteiger partial charge in [0.05, 0.1) is 0 Å². The Morgan fingerprint density at radius 1 is 1.25 bits per heavy atom. The lowest BCUT2D eigenvalue weighted by atomic mass is 9.98. The van der Waals surface area contributed by atoms with Crippen molar-refractivity contribution in [3.8, 4) is 11.3 Å². The monoisotopic (exact) mass is 287 g/mol. The van der Waals surface area contributed by atoms with Gasteiger partial charge >= 0.3 is 11.0 Å². The summed E-state index contributed by atoms with van der Waals surface area (Å²) in [5, 5.41) is 3.24. The van der Waals surface area contributed by atoms with E-state index in [9.17, 15) is 4.79 Å². The first-order valence-corrected chi connectivity index (χ1v) is 7.74. The number of carbonyl (C=O) groups excluding carboxylic acids is 1. The Morgan fingerprint density at radius 3 is 2.50 bits per heavy atom. The van der Waals surface area contributed by atoms with Gasteiger partial charge in [0.25, 0.3) is 0 Å². The number of carbonyl (C=O) groups is 1. The molecule has 0 fully saturated rings. The number of amides is 1. The van der Waals surface area contributed by atoms with Crippen molar-refractivity contribution in [1.29, 1.82) is 0 Å². The molecule has 1 aromatic carbocycles. The summed E-state index contributed by atoms with van der Waals surface area (Å²) in [5.41, 5.74) is 6.45. The van der Waals surface area contributed by atoms with Crippen LogP contribution in [0.15, 0.2) is 17.5 Å². The van der Waals surface area contributed by atoms with E-state index in [2.05, 4.69) is 42.9 Å². The van der Waals surface area contributed by atoms with E-state index in [1.807, 2.05) is 4.90 Å². The molecule has 0 aliphatic carbocycles. The van der Waals surface area contributed by atoms with Crippen molar-refractivity contribution in [3.63, 3.8) is 0 Å². The van der Waals surface area contributed by atoms with Gasteiger partial charge in [0.15, 0.2) is 0 Å². The second-order valence-corrected chi connectivity index (χ2v) is 6.34. The summed E-state index contributed by atoms with van der Waals surface area (Å²) in [6.07, 6.45) is 0. The number of nitrogens with zero attached hydrogens (tertiary/aromatic N) is 2. The second kappa shape index (κ2) is 4.70. The zero-order chi connectivity index (χ0) is 14.4. The number of hydrogen-bond donors (Lipinski definition) is 0. The molecule has 3 nitrogen and oxygen atoms in total. The molecule has 1 aliphatic heterocycles. The van der Waals surface area contributed by atoms with Gasteiger partial charge in [0.1, 0.15) is 18.8 Å². The van der Waals surface area contributed by atoms with Crippen molar-refractivity contribution in [2.45, 2.75) is 34.2 Å². The second-order valence-electron chi connectivity index (χ2n) is 5.50. The number of anilines is 1. The molecular formula is C16H19N2OS+. The van der Waals surface area contributed by atoms with Crippen molar-refractivity contribution in [2.75, 3.05) is 11.4 Å². The first kappa shape index (κ1) is 13.3. The maximum atomic E-state index is 11.7. The first-order valence-electron chi connectivity index (χ1n) is 6.86. The van der Waals surface area contributed by atoms with Crippen LogP contribution in [0.3, 0.4) is 0 Å². The summed E-state index contributed by atoms with van der Waals surface area (Å²) in [6.45, 7) is 9.78. The third kappa shape index (κ3) is 1.95. The Labute approximate surface area is 123 Å². The third-order valence-corrected chi connectivity index (χ3v) is 4.88. The minimum Gasteiger partial charge on any atom is -0.247 e. The molecule has 2 heterocycles. The molecule has 0 unspecified atom stereocenters. The van der Waals surface area contributed by atoms with Gasteiger partial charge in [-0.1, -0.05) is 29.0 Å². The molecular weight excluding hydrogens is 268 g/mol. The zero-order valence-electron chi connectivity index (χ0n) is 12.4. The molecule has 0 spiro atoms. The van der Waals surface area contributed by atoms with Crippen molar-refractivity contribution >= 4 is 22.4 Å². The molecule has 0 bridgehead atoms. The Balaban J connectivity index is 2.15.